The summed E-state index contributed by atoms with van der Waals surface area (Å²) in [5.41, 5.74) is 0.614. The molecule has 0 saturated carbocycles. The zero-order valence-electron chi connectivity index (χ0n) is 11.9. The Morgan fingerprint density at radius 3 is 2.44 bits per heavy atom. The number of carbonyl (C=O) groups excluding carboxylic acids is 1. The Balaban J connectivity index is 2.74. The van der Waals surface area contributed by atoms with Crippen LogP contribution in [0.4, 0.5) is 5.82 Å². The first-order chi connectivity index (χ1) is 8.45. The smallest absolute Gasteiger partial charge is 0.254 e. The maximum absolute atomic E-state index is 11.7. The number of carbonyl (C=O) groups is 1. The van der Waals surface area contributed by atoms with Crippen LogP contribution in [0, 0.1) is 5.92 Å². The van der Waals surface area contributed by atoms with Crippen molar-refractivity contribution in [2.24, 2.45) is 5.92 Å². The van der Waals surface area contributed by atoms with Crippen molar-refractivity contribution in [3.05, 3.63) is 23.9 Å². The summed E-state index contributed by atoms with van der Waals surface area (Å²) in [6.07, 6.45) is 2.68. The van der Waals surface area contributed by atoms with Crippen LogP contribution >= 0.6 is 0 Å². The van der Waals surface area contributed by atoms with Gasteiger partial charge in [-0.05, 0) is 24.5 Å². The molecule has 4 nitrogen and oxygen atoms in total. The molecule has 4 heteroatoms. The second-order valence-corrected chi connectivity index (χ2v) is 5.03. The molecule has 0 bridgehead atoms. The Bertz CT molecular complexity index is 385. The molecular weight excluding hydrogens is 226 g/mol. The number of anilines is 1. The minimum absolute atomic E-state index is 0.0232. The van der Waals surface area contributed by atoms with Gasteiger partial charge in [0.15, 0.2) is 0 Å². The lowest BCUT2D eigenvalue weighted by Gasteiger charge is -2.21. The molecule has 0 aliphatic rings. The molecule has 100 valence electrons. The Morgan fingerprint density at radius 2 is 2.06 bits per heavy atom. The van der Waals surface area contributed by atoms with Crippen LogP contribution in [-0.2, 0) is 0 Å². The van der Waals surface area contributed by atoms with Crippen LogP contribution in [0.3, 0.4) is 0 Å². The average molecular weight is 249 g/mol. The lowest BCUT2D eigenvalue weighted by atomic mass is 10.0. The van der Waals surface area contributed by atoms with Gasteiger partial charge in [0.2, 0.25) is 0 Å². The van der Waals surface area contributed by atoms with E-state index < -0.39 is 0 Å². The van der Waals surface area contributed by atoms with Crippen LogP contribution in [0.1, 0.15) is 37.6 Å². The third-order valence-corrected chi connectivity index (χ3v) is 2.99. The highest BCUT2D eigenvalue weighted by atomic mass is 16.2. The molecule has 0 aliphatic carbocycles. The van der Waals surface area contributed by atoms with Gasteiger partial charge in [-0.1, -0.05) is 20.8 Å². The molecular formula is C14H23N3O. The predicted octanol–water partition coefficient (Wildman–Crippen LogP) is 2.63. The lowest BCUT2D eigenvalue weighted by molar-refractivity contribution is 0.0827. The number of hydrogen-bond acceptors (Lipinski definition) is 3. The quantitative estimate of drug-likeness (QED) is 0.872. The van der Waals surface area contributed by atoms with Crippen molar-refractivity contribution in [3.8, 4) is 0 Å². The Labute approximate surface area is 109 Å². The fourth-order valence-electron chi connectivity index (χ4n) is 1.79. The summed E-state index contributed by atoms with van der Waals surface area (Å²) in [6.45, 7) is 6.53. The maximum Gasteiger partial charge on any atom is 0.254 e. The zero-order chi connectivity index (χ0) is 13.7. The molecule has 0 radical (unpaired) electrons. The van der Waals surface area contributed by atoms with Crippen LogP contribution in [0.25, 0.3) is 0 Å². The predicted molar refractivity (Wildman–Crippen MR) is 74.8 cm³/mol. The van der Waals surface area contributed by atoms with E-state index in [9.17, 15) is 4.79 Å². The number of pyridine rings is 1. The number of nitrogens with zero attached hydrogens (tertiary/aromatic N) is 2. The fraction of sp³-hybridized carbons (Fsp3) is 0.571. The van der Waals surface area contributed by atoms with Gasteiger partial charge in [0.1, 0.15) is 5.82 Å². The van der Waals surface area contributed by atoms with E-state index in [1.54, 1.807) is 25.2 Å². The van der Waals surface area contributed by atoms with Crippen LogP contribution in [0.15, 0.2) is 18.3 Å². The second-order valence-electron chi connectivity index (χ2n) is 5.03. The Hall–Kier alpha value is -1.58. The van der Waals surface area contributed by atoms with Gasteiger partial charge >= 0.3 is 0 Å². The molecule has 0 aliphatic heterocycles. The SMILES string of the molecule is CCC(Nc1ccc(C(=O)N(C)C)cn1)C(C)C. The summed E-state index contributed by atoms with van der Waals surface area (Å²) < 4.78 is 0. The molecule has 1 N–H and O–H groups in total. The van der Waals surface area contributed by atoms with Crippen molar-refractivity contribution in [2.75, 3.05) is 19.4 Å². The monoisotopic (exact) mass is 249 g/mol. The van der Waals surface area contributed by atoms with E-state index >= 15 is 0 Å². The van der Waals surface area contributed by atoms with E-state index in [0.717, 1.165) is 12.2 Å². The standard InChI is InChI=1S/C14H23N3O/c1-6-12(10(2)3)16-13-8-7-11(9-15-13)14(18)17(4)5/h7-10,12H,6H2,1-5H3,(H,15,16). The molecule has 1 aromatic rings. The van der Waals surface area contributed by atoms with E-state index in [1.165, 1.54) is 0 Å². The molecule has 1 unspecified atom stereocenters. The van der Waals surface area contributed by atoms with E-state index in [-0.39, 0.29) is 5.91 Å². The largest absolute Gasteiger partial charge is 0.367 e. The summed E-state index contributed by atoms with van der Waals surface area (Å²) in [5.74, 6) is 1.36. The molecule has 1 atom stereocenters. The average Bonchev–Trinajstić information content (AvgIpc) is 2.35. The summed E-state index contributed by atoms with van der Waals surface area (Å²) in [7, 11) is 3.47. The summed E-state index contributed by atoms with van der Waals surface area (Å²) in [6, 6.07) is 4.08. The van der Waals surface area contributed by atoms with Gasteiger partial charge in [-0.2, -0.15) is 0 Å². The van der Waals surface area contributed by atoms with Gasteiger partial charge < -0.3 is 10.2 Å². The van der Waals surface area contributed by atoms with Gasteiger partial charge in [0.25, 0.3) is 5.91 Å². The number of hydrogen-bond donors (Lipinski definition) is 1. The summed E-state index contributed by atoms with van der Waals surface area (Å²) >= 11 is 0. The van der Waals surface area contributed by atoms with E-state index in [2.05, 4.69) is 31.1 Å². The minimum atomic E-state index is -0.0232. The summed E-state index contributed by atoms with van der Waals surface area (Å²) in [4.78, 5) is 17.6. The van der Waals surface area contributed by atoms with Gasteiger partial charge in [-0.3, -0.25) is 4.79 Å². The Kier molecular flexibility index (Phi) is 5.13. The molecule has 1 aromatic heterocycles. The first-order valence-corrected chi connectivity index (χ1v) is 6.40. The third-order valence-electron chi connectivity index (χ3n) is 2.99. The van der Waals surface area contributed by atoms with E-state index in [0.29, 0.717) is 17.5 Å². The third kappa shape index (κ3) is 3.72. The maximum atomic E-state index is 11.7. The first kappa shape index (κ1) is 14.5. The number of rotatable bonds is 5. The van der Waals surface area contributed by atoms with Crippen molar-refractivity contribution in [3.63, 3.8) is 0 Å². The van der Waals surface area contributed by atoms with Crippen molar-refractivity contribution in [2.45, 2.75) is 33.2 Å². The van der Waals surface area contributed by atoms with Crippen LogP contribution in [-0.4, -0.2) is 35.9 Å². The van der Waals surface area contributed by atoms with Crippen molar-refractivity contribution < 1.29 is 4.79 Å². The van der Waals surface area contributed by atoms with Crippen LogP contribution < -0.4 is 5.32 Å². The zero-order valence-corrected chi connectivity index (χ0v) is 11.9. The molecule has 1 rings (SSSR count). The number of amides is 1. The molecule has 0 aromatic carbocycles. The fourth-order valence-corrected chi connectivity index (χ4v) is 1.79. The highest BCUT2D eigenvalue weighted by Crippen LogP contribution is 2.13. The second kappa shape index (κ2) is 6.38. The van der Waals surface area contributed by atoms with Crippen LogP contribution in [0.5, 0.6) is 0 Å². The van der Waals surface area contributed by atoms with Crippen LogP contribution in [0.2, 0.25) is 0 Å². The van der Waals surface area contributed by atoms with Gasteiger partial charge in [0, 0.05) is 26.3 Å². The normalized spacial score (nSPS) is 12.3. The van der Waals surface area contributed by atoms with Gasteiger partial charge in [-0.15, -0.1) is 0 Å². The molecule has 0 saturated heterocycles. The molecule has 0 fully saturated rings. The lowest BCUT2D eigenvalue weighted by Crippen LogP contribution is -2.25. The highest BCUT2D eigenvalue weighted by molar-refractivity contribution is 5.93. The van der Waals surface area contributed by atoms with Crippen molar-refractivity contribution >= 4 is 11.7 Å². The molecule has 0 spiro atoms. The van der Waals surface area contributed by atoms with Crippen molar-refractivity contribution in [1.29, 1.82) is 0 Å². The molecule has 18 heavy (non-hydrogen) atoms. The number of nitrogens with one attached hydrogen (secondary N) is 1. The van der Waals surface area contributed by atoms with Crippen molar-refractivity contribution in [1.82, 2.24) is 9.88 Å². The van der Waals surface area contributed by atoms with Gasteiger partial charge in [0.05, 0.1) is 5.56 Å². The number of aromatic nitrogens is 1. The molecule has 1 amide bonds. The van der Waals surface area contributed by atoms with Gasteiger partial charge in [-0.25, -0.2) is 4.98 Å². The topological polar surface area (TPSA) is 45.2 Å². The highest BCUT2D eigenvalue weighted by Gasteiger charge is 2.12. The van der Waals surface area contributed by atoms with E-state index in [1.807, 2.05) is 12.1 Å². The minimum Gasteiger partial charge on any atom is -0.367 e. The Morgan fingerprint density at radius 1 is 1.39 bits per heavy atom. The first-order valence-electron chi connectivity index (χ1n) is 6.40. The van der Waals surface area contributed by atoms with E-state index in [4.69, 9.17) is 0 Å². The molecule has 1 heterocycles. The summed E-state index contributed by atoms with van der Waals surface area (Å²) in [5, 5.41) is 3.39.